The highest BCUT2D eigenvalue weighted by atomic mass is 35.5. The Kier molecular flexibility index (Phi) is 16.4. The number of fused-ring (bicyclic) bond motifs is 5. The van der Waals surface area contributed by atoms with E-state index in [9.17, 15) is 48.4 Å². The van der Waals surface area contributed by atoms with Gasteiger partial charge in [0.1, 0.15) is 48.0 Å². The van der Waals surface area contributed by atoms with Gasteiger partial charge in [-0.15, -0.1) is 0 Å². The number of amides is 5. The summed E-state index contributed by atoms with van der Waals surface area (Å²) in [7, 11) is -2.07. The molecule has 1 aliphatic rings. The Hall–Kier alpha value is -6.14. The first-order chi connectivity index (χ1) is 30.3. The number of unbranched alkanes of at least 4 members (excludes halogenated alkanes) is 1. The largest absolute Gasteiger partial charge is 0.507 e. The fraction of sp³-hybridized carbons (Fsp3) is 0.318. The number of phenols is 2. The van der Waals surface area contributed by atoms with Crippen LogP contribution in [0, 0.1) is 0 Å². The number of Topliss-reactive ketones (excluding diaryl/α,β-unsaturated/α-hetero) is 1. The van der Waals surface area contributed by atoms with E-state index in [1.54, 1.807) is 36.4 Å². The minimum atomic E-state index is -4.34. The van der Waals surface area contributed by atoms with Crippen molar-refractivity contribution in [3.8, 4) is 33.8 Å². The molecule has 5 amide bonds. The van der Waals surface area contributed by atoms with Crippen molar-refractivity contribution in [2.24, 2.45) is 11.5 Å². The van der Waals surface area contributed by atoms with Gasteiger partial charge in [-0.2, -0.15) is 0 Å². The highest BCUT2D eigenvalue weighted by Crippen LogP contribution is 2.41. The third-order valence-electron chi connectivity index (χ3n) is 10.7. The molecular weight excluding hydrogens is 869 g/mol. The zero-order valence-corrected chi connectivity index (χ0v) is 36.9. The van der Waals surface area contributed by atoms with Crippen molar-refractivity contribution in [1.82, 2.24) is 26.2 Å². The number of rotatable bonds is 15. The van der Waals surface area contributed by atoms with Gasteiger partial charge in [-0.1, -0.05) is 48.0 Å². The van der Waals surface area contributed by atoms with Gasteiger partial charge in [0.2, 0.25) is 23.6 Å². The first-order valence-corrected chi connectivity index (χ1v) is 22.3. The van der Waals surface area contributed by atoms with Crippen molar-refractivity contribution >= 4 is 54.5 Å². The van der Waals surface area contributed by atoms with E-state index in [-0.39, 0.29) is 46.6 Å². The summed E-state index contributed by atoms with van der Waals surface area (Å²) in [5, 5.41) is 32.9. The predicted octanol–water partition coefficient (Wildman–Crippen LogP) is 2.86. The van der Waals surface area contributed by atoms with Gasteiger partial charge in [0, 0.05) is 42.3 Å². The molecule has 0 aromatic heterocycles. The summed E-state index contributed by atoms with van der Waals surface area (Å²) in [6.45, 7) is 1.65. The lowest BCUT2D eigenvalue weighted by Crippen LogP contribution is -2.58. The number of likely N-dealkylation sites (N-methyl/N-ethyl adjacent to an activating group) is 1. The number of halogens is 1. The Bertz CT molecular complexity index is 2440. The molecule has 5 rings (SSSR count). The summed E-state index contributed by atoms with van der Waals surface area (Å²) in [5.41, 5.74) is 14.2. The average molecular weight is 920 g/mol. The average Bonchev–Trinajstić information content (AvgIpc) is 3.26. The van der Waals surface area contributed by atoms with Crippen molar-refractivity contribution in [2.75, 3.05) is 26.9 Å². The van der Waals surface area contributed by atoms with E-state index in [2.05, 4.69) is 25.8 Å². The molecule has 11 N–H and O–H groups in total. The molecule has 1 heterocycles. The summed E-state index contributed by atoms with van der Waals surface area (Å²) >= 11 is 6.04. The Balaban J connectivity index is 1.48. The zero-order valence-electron chi connectivity index (χ0n) is 35.2. The van der Waals surface area contributed by atoms with Gasteiger partial charge in [0.05, 0.1) is 0 Å². The van der Waals surface area contributed by atoms with E-state index >= 15 is 0 Å². The number of hydrogen-bond acceptors (Lipinski definition) is 12. The molecule has 0 fully saturated rings. The van der Waals surface area contributed by atoms with Crippen molar-refractivity contribution in [2.45, 2.75) is 62.9 Å². The zero-order chi connectivity index (χ0) is 46.9. The van der Waals surface area contributed by atoms with Crippen LogP contribution < -0.4 is 32.7 Å². The summed E-state index contributed by atoms with van der Waals surface area (Å²) in [5.74, 6) is -5.60. The number of nitrogens with one attached hydrogen (secondary N) is 4. The minimum Gasteiger partial charge on any atom is -0.507 e. The number of hydrogen-bond donors (Lipinski definition) is 9. The number of nitrogens with zero attached hydrogens (tertiary/aromatic N) is 1. The number of nitrogens with two attached hydrogens (primary N) is 2. The van der Waals surface area contributed by atoms with Crippen LogP contribution >= 0.6 is 19.2 Å². The maximum Gasteiger partial charge on any atom is 0.335 e. The highest BCUT2D eigenvalue weighted by Gasteiger charge is 2.36. The van der Waals surface area contributed by atoms with E-state index in [0.29, 0.717) is 30.0 Å². The molecule has 64 heavy (non-hydrogen) atoms. The molecule has 4 bridgehead atoms. The molecule has 0 saturated carbocycles. The van der Waals surface area contributed by atoms with E-state index in [1.165, 1.54) is 50.4 Å². The molecule has 20 heteroatoms. The van der Waals surface area contributed by atoms with Crippen molar-refractivity contribution < 1.29 is 53.0 Å². The van der Waals surface area contributed by atoms with Crippen LogP contribution in [0.2, 0.25) is 5.02 Å². The minimum absolute atomic E-state index is 0.0414. The highest BCUT2D eigenvalue weighted by molar-refractivity contribution is 7.53. The first kappa shape index (κ1) is 48.9. The van der Waals surface area contributed by atoms with Gasteiger partial charge in [-0.05, 0) is 104 Å². The van der Waals surface area contributed by atoms with Crippen LogP contribution in [0.3, 0.4) is 0 Å². The second kappa shape index (κ2) is 21.5. The van der Waals surface area contributed by atoms with Gasteiger partial charge < -0.3 is 57.3 Å². The van der Waals surface area contributed by atoms with E-state index in [4.69, 9.17) is 23.1 Å². The molecule has 18 nitrogen and oxygen atoms in total. The molecule has 4 aromatic rings. The van der Waals surface area contributed by atoms with E-state index in [1.807, 2.05) is 12.1 Å². The molecule has 1 unspecified atom stereocenters. The van der Waals surface area contributed by atoms with Crippen LogP contribution in [-0.2, 0) is 39.5 Å². The van der Waals surface area contributed by atoms with Crippen LogP contribution in [-0.4, -0.2) is 106 Å². The normalized spacial score (nSPS) is 18.2. The lowest BCUT2D eigenvalue weighted by molar-refractivity contribution is -0.141. The number of carbonyl (C=O) groups excluding carboxylic acids is 6. The molecular formula is C44H51ClN7O11P. The summed E-state index contributed by atoms with van der Waals surface area (Å²) < 4.78 is 16.4. The number of benzene rings is 4. The molecule has 4 aromatic carbocycles. The summed E-state index contributed by atoms with van der Waals surface area (Å²) in [6, 6.07) is 16.7. The Morgan fingerprint density at radius 1 is 0.891 bits per heavy atom. The molecule has 340 valence electrons. The fourth-order valence-corrected chi connectivity index (χ4v) is 7.88. The molecule has 0 radical (unpaired) electrons. The van der Waals surface area contributed by atoms with Crippen molar-refractivity contribution in [3.63, 3.8) is 0 Å². The fourth-order valence-electron chi connectivity index (χ4n) is 7.03. The summed E-state index contributed by atoms with van der Waals surface area (Å²) in [4.78, 5) is 93.4. The number of carbonyl (C=O) groups is 6. The van der Waals surface area contributed by atoms with Crippen molar-refractivity contribution in [3.05, 3.63) is 107 Å². The molecule has 6 atom stereocenters. The second-order valence-corrected chi connectivity index (χ2v) is 17.7. The number of ketones is 1. The topological polar surface area (TPSA) is 293 Å². The molecule has 0 aliphatic carbocycles. The van der Waals surface area contributed by atoms with Gasteiger partial charge in [-0.3, -0.25) is 33.3 Å². The van der Waals surface area contributed by atoms with Crippen LogP contribution in [0.15, 0.2) is 84.9 Å². The maximum absolute atomic E-state index is 14.5. The number of aromatic hydroxyl groups is 2. The first-order valence-electron chi connectivity index (χ1n) is 20.2. The quantitative estimate of drug-likeness (QED) is 0.0472. The molecule has 1 aliphatic heterocycles. The van der Waals surface area contributed by atoms with Crippen LogP contribution in [0.5, 0.6) is 11.5 Å². The van der Waals surface area contributed by atoms with Gasteiger partial charge in [-0.25, -0.2) is 0 Å². The van der Waals surface area contributed by atoms with E-state index < -0.39 is 79.4 Å². The van der Waals surface area contributed by atoms with E-state index in [0.717, 1.165) is 23.1 Å². The van der Waals surface area contributed by atoms with Gasteiger partial charge in [0.15, 0.2) is 5.78 Å². The Morgan fingerprint density at radius 3 is 2.12 bits per heavy atom. The van der Waals surface area contributed by atoms with Crippen LogP contribution in [0.4, 0.5) is 0 Å². The van der Waals surface area contributed by atoms with Crippen LogP contribution in [0.25, 0.3) is 22.3 Å². The Labute approximate surface area is 374 Å². The Morgan fingerprint density at radius 2 is 1.50 bits per heavy atom. The molecule has 0 saturated heterocycles. The van der Waals surface area contributed by atoms with Crippen LogP contribution in [0.1, 0.15) is 53.7 Å². The van der Waals surface area contributed by atoms with Gasteiger partial charge in [0.25, 0.3) is 5.91 Å². The van der Waals surface area contributed by atoms with Gasteiger partial charge >= 0.3 is 7.60 Å². The lowest BCUT2D eigenvalue weighted by Gasteiger charge is -2.32. The standard InChI is InChI=1S/C44H51ClN7O11P/c1-24-40(56)50-34(42(58)51-39(47)37(55)23-64(61,62)63-3)21-25-7-17-35(53)31(20-25)32-22-29(14-18-36(32)54)38(43(59)48-24)52(2)44(60)33(6-4-5-19-46)49-41(57)28-10-8-26(9-11-28)27-12-15-30(45)16-13-27/h7-18,20,22,24,33-34,38-39,53-54H,4-6,19,21,23,46-47H2,1-3H3,(H,48,59)(H,49,57)(H,50,56)(H,51,58)(H,61,62)/t24-,33-,34-,38-,39+/m0/s1. The molecule has 0 spiro atoms. The second-order valence-electron chi connectivity index (χ2n) is 15.3. The third kappa shape index (κ3) is 12.3. The third-order valence-corrected chi connectivity index (χ3v) is 12.2. The smallest absolute Gasteiger partial charge is 0.335 e. The summed E-state index contributed by atoms with van der Waals surface area (Å²) in [6.07, 6.45) is -1.93. The SMILES string of the molecule is COP(=O)(O)CC(=O)[C@H](N)NC(=O)[C@@H]1Cc2ccc(O)c(c2)-c2cc(ccc2O)[C@H](N(C)C(=O)[C@H](CCCCN)NC(=O)c2ccc(-c3ccc(Cl)cc3)cc2)C(=O)N[C@@H](C)C(=O)N1. The predicted molar refractivity (Wildman–Crippen MR) is 238 cm³/mol. The lowest BCUT2D eigenvalue weighted by atomic mass is 9.93. The maximum atomic E-state index is 14.5. The monoisotopic (exact) mass is 919 g/mol. The van der Waals surface area contributed by atoms with Crippen molar-refractivity contribution in [1.29, 1.82) is 0 Å². The number of phenolic OH excluding ortho intramolecular Hbond substituents is 2.